The number of benzene rings is 1. The minimum absolute atomic E-state index is 0.0862. The molecule has 0 amide bonds. The second-order valence-corrected chi connectivity index (χ2v) is 4.75. The van der Waals surface area contributed by atoms with E-state index < -0.39 is 0 Å². The van der Waals surface area contributed by atoms with E-state index in [2.05, 4.69) is 5.32 Å². The SMILES string of the molecule is CCOC1CC(Nc2ccc(OC)c(OC)c2)C1OC. The molecule has 1 aromatic carbocycles. The lowest BCUT2D eigenvalue weighted by Crippen LogP contribution is -2.56. The summed E-state index contributed by atoms with van der Waals surface area (Å²) >= 11 is 0. The molecular weight excluding hydrogens is 258 g/mol. The smallest absolute Gasteiger partial charge is 0.162 e. The maximum atomic E-state index is 5.62. The molecule has 0 radical (unpaired) electrons. The molecule has 0 saturated heterocycles. The number of nitrogens with one attached hydrogen (secondary N) is 1. The van der Waals surface area contributed by atoms with Gasteiger partial charge >= 0.3 is 0 Å². The molecule has 0 heterocycles. The quantitative estimate of drug-likeness (QED) is 0.831. The summed E-state index contributed by atoms with van der Waals surface area (Å²) in [6.07, 6.45) is 1.21. The van der Waals surface area contributed by atoms with Gasteiger partial charge in [0.1, 0.15) is 6.10 Å². The van der Waals surface area contributed by atoms with Crippen molar-refractivity contribution in [2.24, 2.45) is 0 Å². The van der Waals surface area contributed by atoms with Crippen LogP contribution in [0.5, 0.6) is 11.5 Å². The number of rotatable bonds is 7. The van der Waals surface area contributed by atoms with Crippen molar-refractivity contribution in [1.82, 2.24) is 0 Å². The van der Waals surface area contributed by atoms with Gasteiger partial charge in [-0.15, -0.1) is 0 Å². The number of ether oxygens (including phenoxy) is 4. The molecule has 0 spiro atoms. The molecule has 5 nitrogen and oxygen atoms in total. The van der Waals surface area contributed by atoms with E-state index in [4.69, 9.17) is 18.9 Å². The summed E-state index contributed by atoms with van der Waals surface area (Å²) in [4.78, 5) is 0. The molecule has 3 atom stereocenters. The van der Waals surface area contributed by atoms with E-state index in [0.29, 0.717) is 12.4 Å². The molecule has 1 aliphatic carbocycles. The molecule has 20 heavy (non-hydrogen) atoms. The fraction of sp³-hybridized carbons (Fsp3) is 0.600. The summed E-state index contributed by atoms with van der Waals surface area (Å²) in [6.45, 7) is 2.72. The first-order valence-corrected chi connectivity index (χ1v) is 6.86. The van der Waals surface area contributed by atoms with Gasteiger partial charge < -0.3 is 24.3 Å². The highest BCUT2D eigenvalue weighted by molar-refractivity contribution is 5.55. The second kappa shape index (κ2) is 6.81. The van der Waals surface area contributed by atoms with Crippen molar-refractivity contribution in [1.29, 1.82) is 0 Å². The Morgan fingerprint density at radius 1 is 1.15 bits per heavy atom. The van der Waals surface area contributed by atoms with E-state index >= 15 is 0 Å². The molecule has 3 unspecified atom stereocenters. The number of hydrogen-bond acceptors (Lipinski definition) is 5. The van der Waals surface area contributed by atoms with Crippen LogP contribution in [-0.2, 0) is 9.47 Å². The van der Waals surface area contributed by atoms with Crippen LogP contribution in [0.3, 0.4) is 0 Å². The summed E-state index contributed by atoms with van der Waals surface area (Å²) in [5, 5.41) is 3.45. The van der Waals surface area contributed by atoms with Crippen molar-refractivity contribution in [3.63, 3.8) is 0 Å². The van der Waals surface area contributed by atoms with Crippen LogP contribution < -0.4 is 14.8 Å². The van der Waals surface area contributed by atoms with Gasteiger partial charge in [0.25, 0.3) is 0 Å². The molecule has 0 aromatic heterocycles. The molecule has 1 saturated carbocycles. The van der Waals surface area contributed by atoms with Crippen LogP contribution in [0.25, 0.3) is 0 Å². The average molecular weight is 281 g/mol. The summed E-state index contributed by atoms with van der Waals surface area (Å²) in [7, 11) is 4.98. The van der Waals surface area contributed by atoms with Crippen molar-refractivity contribution >= 4 is 5.69 Å². The largest absolute Gasteiger partial charge is 0.493 e. The van der Waals surface area contributed by atoms with E-state index in [9.17, 15) is 0 Å². The van der Waals surface area contributed by atoms with E-state index in [1.54, 1.807) is 21.3 Å². The third kappa shape index (κ3) is 2.99. The maximum absolute atomic E-state index is 5.62. The predicted octanol–water partition coefficient (Wildman–Crippen LogP) is 2.31. The van der Waals surface area contributed by atoms with Gasteiger partial charge in [-0.3, -0.25) is 0 Å². The third-order valence-corrected chi connectivity index (χ3v) is 3.64. The molecule has 1 fully saturated rings. The number of hydrogen-bond donors (Lipinski definition) is 1. The van der Waals surface area contributed by atoms with Crippen LogP contribution >= 0.6 is 0 Å². The topological polar surface area (TPSA) is 49.0 Å². The fourth-order valence-electron chi connectivity index (χ4n) is 2.56. The minimum atomic E-state index is 0.0862. The third-order valence-electron chi connectivity index (χ3n) is 3.64. The van der Waals surface area contributed by atoms with Crippen molar-refractivity contribution in [2.75, 3.05) is 33.3 Å². The lowest BCUT2D eigenvalue weighted by atomic mass is 9.85. The summed E-state index contributed by atoms with van der Waals surface area (Å²) < 4.78 is 21.6. The summed E-state index contributed by atoms with van der Waals surface area (Å²) in [5.74, 6) is 1.44. The summed E-state index contributed by atoms with van der Waals surface area (Å²) in [6, 6.07) is 6.05. The Bertz CT molecular complexity index is 438. The van der Waals surface area contributed by atoms with Gasteiger partial charge in [0.05, 0.1) is 26.4 Å². The van der Waals surface area contributed by atoms with Gasteiger partial charge in [0.15, 0.2) is 11.5 Å². The fourth-order valence-corrected chi connectivity index (χ4v) is 2.56. The molecule has 2 rings (SSSR count). The zero-order valence-electron chi connectivity index (χ0n) is 12.5. The van der Waals surface area contributed by atoms with Gasteiger partial charge in [-0.2, -0.15) is 0 Å². The van der Waals surface area contributed by atoms with Crippen molar-refractivity contribution in [3.05, 3.63) is 18.2 Å². The molecule has 5 heteroatoms. The van der Waals surface area contributed by atoms with E-state index in [1.807, 2.05) is 25.1 Å². The average Bonchev–Trinajstić information content (AvgIpc) is 2.46. The van der Waals surface area contributed by atoms with Gasteiger partial charge in [0, 0.05) is 25.5 Å². The van der Waals surface area contributed by atoms with Gasteiger partial charge in [0.2, 0.25) is 0 Å². The van der Waals surface area contributed by atoms with Crippen LogP contribution in [0.2, 0.25) is 0 Å². The Morgan fingerprint density at radius 3 is 2.50 bits per heavy atom. The van der Waals surface area contributed by atoms with E-state index in [0.717, 1.165) is 17.9 Å². The highest BCUT2D eigenvalue weighted by Gasteiger charge is 2.42. The van der Waals surface area contributed by atoms with Crippen LogP contribution in [-0.4, -0.2) is 46.2 Å². The van der Waals surface area contributed by atoms with Crippen molar-refractivity contribution < 1.29 is 18.9 Å². The van der Waals surface area contributed by atoms with Crippen molar-refractivity contribution in [3.8, 4) is 11.5 Å². The summed E-state index contributed by atoms with van der Waals surface area (Å²) in [5.41, 5.74) is 0.990. The highest BCUT2D eigenvalue weighted by Crippen LogP contribution is 2.33. The Kier molecular flexibility index (Phi) is 5.09. The Hall–Kier alpha value is -1.46. The first-order chi connectivity index (χ1) is 9.73. The standard InChI is InChI=1S/C15H23NO4/c1-5-20-14-9-11(15(14)19-4)16-10-6-7-12(17-2)13(8-10)18-3/h6-8,11,14-16H,5,9H2,1-4H3. The number of methoxy groups -OCH3 is 3. The minimum Gasteiger partial charge on any atom is -0.493 e. The lowest BCUT2D eigenvalue weighted by molar-refractivity contribution is -0.118. The van der Waals surface area contributed by atoms with Crippen LogP contribution in [0.4, 0.5) is 5.69 Å². The zero-order chi connectivity index (χ0) is 14.5. The van der Waals surface area contributed by atoms with Gasteiger partial charge in [-0.05, 0) is 25.5 Å². The van der Waals surface area contributed by atoms with Crippen LogP contribution in [0.1, 0.15) is 13.3 Å². The molecular formula is C15H23NO4. The molecule has 1 aromatic rings. The zero-order valence-corrected chi connectivity index (χ0v) is 12.5. The number of anilines is 1. The molecule has 1 aliphatic rings. The first-order valence-electron chi connectivity index (χ1n) is 6.86. The normalized spacial score (nSPS) is 24.9. The molecule has 0 bridgehead atoms. The van der Waals surface area contributed by atoms with E-state index in [1.165, 1.54) is 0 Å². The first kappa shape index (κ1) is 14.9. The highest BCUT2D eigenvalue weighted by atomic mass is 16.5. The Labute approximate surface area is 120 Å². The Balaban J connectivity index is 2.00. The maximum Gasteiger partial charge on any atom is 0.162 e. The van der Waals surface area contributed by atoms with Crippen molar-refractivity contribution in [2.45, 2.75) is 31.6 Å². The molecule has 112 valence electrons. The molecule has 1 N–H and O–H groups in total. The van der Waals surface area contributed by atoms with Gasteiger partial charge in [-0.1, -0.05) is 0 Å². The predicted molar refractivity (Wildman–Crippen MR) is 77.8 cm³/mol. The van der Waals surface area contributed by atoms with Crippen LogP contribution in [0.15, 0.2) is 18.2 Å². The Morgan fingerprint density at radius 2 is 1.90 bits per heavy atom. The monoisotopic (exact) mass is 281 g/mol. The second-order valence-electron chi connectivity index (χ2n) is 4.75. The lowest BCUT2D eigenvalue weighted by Gasteiger charge is -2.43. The molecule has 0 aliphatic heterocycles. The van der Waals surface area contributed by atoms with E-state index in [-0.39, 0.29) is 18.2 Å². The van der Waals surface area contributed by atoms with Crippen LogP contribution in [0, 0.1) is 0 Å². The van der Waals surface area contributed by atoms with Gasteiger partial charge in [-0.25, -0.2) is 0 Å².